The van der Waals surface area contributed by atoms with E-state index in [1.54, 1.807) is 0 Å². The number of carbonyl (C=O) groups is 4. The van der Waals surface area contributed by atoms with Gasteiger partial charge in [0.2, 0.25) is 11.8 Å². The first-order valence-electron chi connectivity index (χ1n) is 14.7. The number of ether oxygens (including phenoxy) is 2. The summed E-state index contributed by atoms with van der Waals surface area (Å²) in [7, 11) is 0. The molecule has 0 saturated carbocycles. The number of hydrogen-bond donors (Lipinski definition) is 2. The standard InChI is InChI=1S/C30H40N2O6S2/c1-3-17-37-29(35)25-19-11-5-7-13-21(19)39-27(25)31-23(33)15-9-10-16-24(34)32-28-26(30(36)38-18-4-2)20-12-6-8-14-22(20)40-28/h3-18H2,1-2H3,(H,31,33)(H,32,34). The fourth-order valence-electron chi connectivity index (χ4n) is 5.22. The normalized spacial score (nSPS) is 14.2. The molecule has 0 atom stereocenters. The van der Waals surface area contributed by atoms with Crippen LogP contribution < -0.4 is 10.6 Å². The average Bonchev–Trinajstić information content (AvgIpc) is 3.50. The quantitative estimate of drug-likeness (QED) is 0.196. The number of aryl methyl sites for hydroxylation is 2. The largest absolute Gasteiger partial charge is 0.462 e. The number of esters is 2. The number of anilines is 2. The van der Waals surface area contributed by atoms with Crippen molar-refractivity contribution in [2.45, 2.75) is 104 Å². The van der Waals surface area contributed by atoms with Crippen LogP contribution in [-0.2, 0) is 44.7 Å². The number of hydrogen-bond acceptors (Lipinski definition) is 8. The third-order valence-corrected chi connectivity index (χ3v) is 9.60. The number of rotatable bonds is 13. The third kappa shape index (κ3) is 7.51. The molecule has 0 fully saturated rings. The molecular weight excluding hydrogens is 548 g/mol. The Hall–Kier alpha value is -2.72. The Bertz CT molecular complexity index is 1140. The molecule has 2 N–H and O–H groups in total. The van der Waals surface area contributed by atoms with Crippen LogP contribution in [-0.4, -0.2) is 37.0 Å². The zero-order valence-electron chi connectivity index (χ0n) is 23.6. The molecule has 0 unspecified atom stereocenters. The van der Waals surface area contributed by atoms with Crippen LogP contribution in [0.15, 0.2) is 0 Å². The molecule has 2 amide bonds. The molecule has 2 aliphatic rings. The van der Waals surface area contributed by atoms with Gasteiger partial charge in [-0.25, -0.2) is 9.59 Å². The lowest BCUT2D eigenvalue weighted by molar-refractivity contribution is -0.118. The molecule has 0 radical (unpaired) electrons. The summed E-state index contributed by atoms with van der Waals surface area (Å²) in [6, 6.07) is 0. The van der Waals surface area contributed by atoms with E-state index in [4.69, 9.17) is 9.47 Å². The van der Waals surface area contributed by atoms with Crippen LogP contribution in [0.25, 0.3) is 0 Å². The molecule has 8 nitrogen and oxygen atoms in total. The Morgan fingerprint density at radius 1 is 0.650 bits per heavy atom. The number of amides is 2. The Morgan fingerprint density at radius 3 is 1.45 bits per heavy atom. The number of fused-ring (bicyclic) bond motifs is 2. The molecule has 4 rings (SSSR count). The number of unbranched alkanes of at least 4 members (excludes halogenated alkanes) is 1. The van der Waals surface area contributed by atoms with Crippen molar-refractivity contribution < 1.29 is 28.7 Å². The molecule has 0 spiro atoms. The maximum Gasteiger partial charge on any atom is 0.341 e. The molecule has 40 heavy (non-hydrogen) atoms. The smallest absolute Gasteiger partial charge is 0.341 e. The molecule has 0 aliphatic heterocycles. The maximum atomic E-state index is 12.8. The van der Waals surface area contributed by atoms with Gasteiger partial charge in [0, 0.05) is 22.6 Å². The third-order valence-electron chi connectivity index (χ3n) is 7.19. The molecule has 2 aromatic heterocycles. The van der Waals surface area contributed by atoms with Crippen molar-refractivity contribution in [2.24, 2.45) is 0 Å². The van der Waals surface area contributed by atoms with E-state index in [2.05, 4.69) is 10.6 Å². The Labute approximate surface area is 244 Å². The lowest BCUT2D eigenvalue weighted by atomic mass is 9.95. The summed E-state index contributed by atoms with van der Waals surface area (Å²) in [5.74, 6) is -1.06. The van der Waals surface area contributed by atoms with Crippen molar-refractivity contribution in [3.05, 3.63) is 32.0 Å². The van der Waals surface area contributed by atoms with Gasteiger partial charge in [0.25, 0.3) is 0 Å². The number of carbonyl (C=O) groups excluding carboxylic acids is 4. The highest BCUT2D eigenvalue weighted by Gasteiger charge is 2.28. The van der Waals surface area contributed by atoms with Crippen LogP contribution in [0.5, 0.6) is 0 Å². The second kappa shape index (κ2) is 14.8. The summed E-state index contributed by atoms with van der Waals surface area (Å²) in [6.45, 7) is 4.62. The van der Waals surface area contributed by atoms with E-state index in [0.717, 1.165) is 85.1 Å². The fraction of sp³-hybridized carbons (Fsp3) is 0.600. The van der Waals surface area contributed by atoms with Crippen molar-refractivity contribution in [3.63, 3.8) is 0 Å². The highest BCUT2D eigenvalue weighted by molar-refractivity contribution is 7.17. The molecule has 10 heteroatoms. The highest BCUT2D eigenvalue weighted by atomic mass is 32.1. The topological polar surface area (TPSA) is 111 Å². The van der Waals surface area contributed by atoms with Gasteiger partial charge >= 0.3 is 11.9 Å². The van der Waals surface area contributed by atoms with Gasteiger partial charge in [-0.2, -0.15) is 0 Å². The summed E-state index contributed by atoms with van der Waals surface area (Å²) in [6.07, 6.45) is 10.8. The molecule has 2 heterocycles. The van der Waals surface area contributed by atoms with E-state index in [-0.39, 0.29) is 36.6 Å². The fourth-order valence-corrected chi connectivity index (χ4v) is 7.81. The van der Waals surface area contributed by atoms with Gasteiger partial charge in [0.1, 0.15) is 10.0 Å². The summed E-state index contributed by atoms with van der Waals surface area (Å²) in [4.78, 5) is 53.4. The predicted octanol–water partition coefficient (Wildman–Crippen LogP) is 6.84. The van der Waals surface area contributed by atoms with E-state index in [0.29, 0.717) is 47.2 Å². The highest BCUT2D eigenvalue weighted by Crippen LogP contribution is 2.40. The molecule has 0 aromatic carbocycles. The van der Waals surface area contributed by atoms with Crippen molar-refractivity contribution in [3.8, 4) is 0 Å². The monoisotopic (exact) mass is 588 g/mol. The van der Waals surface area contributed by atoms with E-state index in [1.165, 1.54) is 22.7 Å². The average molecular weight is 589 g/mol. The van der Waals surface area contributed by atoms with Gasteiger partial charge in [0.15, 0.2) is 0 Å². The first kappa shape index (κ1) is 30.2. The molecular formula is C30H40N2O6S2. The minimum absolute atomic E-state index is 0.171. The second-order valence-electron chi connectivity index (χ2n) is 10.4. The molecule has 2 aliphatic carbocycles. The Morgan fingerprint density at radius 2 is 1.05 bits per heavy atom. The summed E-state index contributed by atoms with van der Waals surface area (Å²) in [5, 5.41) is 7.06. The molecule has 218 valence electrons. The summed E-state index contributed by atoms with van der Waals surface area (Å²) in [5.41, 5.74) is 3.09. The van der Waals surface area contributed by atoms with Crippen LogP contribution in [0.3, 0.4) is 0 Å². The molecule has 0 saturated heterocycles. The molecule has 0 bridgehead atoms. The minimum atomic E-state index is -0.360. The minimum Gasteiger partial charge on any atom is -0.462 e. The van der Waals surface area contributed by atoms with E-state index in [1.807, 2.05) is 13.8 Å². The van der Waals surface area contributed by atoms with E-state index >= 15 is 0 Å². The van der Waals surface area contributed by atoms with Crippen molar-refractivity contribution in [1.82, 2.24) is 0 Å². The lowest BCUT2D eigenvalue weighted by Crippen LogP contribution is -2.17. The van der Waals surface area contributed by atoms with Gasteiger partial charge in [-0.1, -0.05) is 13.8 Å². The SMILES string of the molecule is CCCOC(=O)c1c(NC(=O)CCCCC(=O)Nc2sc3c(c2C(=O)OCCC)CCCC3)sc2c1CCCC2. The second-order valence-corrected chi connectivity index (χ2v) is 12.6. The molecule has 2 aromatic rings. The summed E-state index contributed by atoms with van der Waals surface area (Å²) < 4.78 is 10.8. The van der Waals surface area contributed by atoms with Crippen LogP contribution in [0.4, 0.5) is 10.0 Å². The van der Waals surface area contributed by atoms with Gasteiger partial charge in [-0.05, 0) is 88.2 Å². The maximum absolute atomic E-state index is 12.8. The number of thiophene rings is 2. The van der Waals surface area contributed by atoms with Gasteiger partial charge < -0.3 is 20.1 Å². The first-order chi connectivity index (χ1) is 19.4. The zero-order chi connectivity index (χ0) is 28.5. The van der Waals surface area contributed by atoms with Gasteiger partial charge in [-0.15, -0.1) is 22.7 Å². The van der Waals surface area contributed by atoms with Crippen molar-refractivity contribution in [1.29, 1.82) is 0 Å². The van der Waals surface area contributed by atoms with Gasteiger partial charge in [-0.3, -0.25) is 9.59 Å². The van der Waals surface area contributed by atoms with Crippen LogP contribution in [0.1, 0.15) is 120 Å². The van der Waals surface area contributed by atoms with Crippen molar-refractivity contribution >= 4 is 56.4 Å². The Balaban J connectivity index is 1.29. The van der Waals surface area contributed by atoms with E-state index < -0.39 is 0 Å². The predicted molar refractivity (Wildman–Crippen MR) is 159 cm³/mol. The van der Waals surface area contributed by atoms with Gasteiger partial charge in [0.05, 0.1) is 24.3 Å². The summed E-state index contributed by atoms with van der Waals surface area (Å²) >= 11 is 2.97. The van der Waals surface area contributed by atoms with E-state index in [9.17, 15) is 19.2 Å². The van der Waals surface area contributed by atoms with Crippen LogP contribution in [0, 0.1) is 0 Å². The van der Waals surface area contributed by atoms with Crippen LogP contribution in [0.2, 0.25) is 0 Å². The number of nitrogens with one attached hydrogen (secondary N) is 2. The lowest BCUT2D eigenvalue weighted by Gasteiger charge is -2.12. The van der Waals surface area contributed by atoms with Crippen LogP contribution >= 0.6 is 22.7 Å². The van der Waals surface area contributed by atoms with Crippen molar-refractivity contribution in [2.75, 3.05) is 23.8 Å². The zero-order valence-corrected chi connectivity index (χ0v) is 25.2. The first-order valence-corrected chi connectivity index (χ1v) is 16.3. The Kier molecular flexibility index (Phi) is 11.2.